The van der Waals surface area contributed by atoms with Crippen molar-refractivity contribution in [3.8, 4) is 28.4 Å². The minimum atomic E-state index is -1.51. The molecule has 8 N–H and O–H groups in total. The fraction of sp³-hybridized carbons (Fsp3) is 0.354. The zero-order valence-electron chi connectivity index (χ0n) is 36.5. The second-order valence-corrected chi connectivity index (χ2v) is 17.3. The lowest BCUT2D eigenvalue weighted by molar-refractivity contribution is -0.135. The van der Waals surface area contributed by atoms with Crippen LogP contribution in [0.2, 0.25) is 0 Å². The van der Waals surface area contributed by atoms with E-state index in [1.165, 1.54) is 41.7 Å². The molecule has 1 unspecified atom stereocenters. The summed E-state index contributed by atoms with van der Waals surface area (Å²) in [7, 11) is 0. The van der Waals surface area contributed by atoms with Crippen LogP contribution in [0.4, 0.5) is 9.52 Å². The normalized spacial score (nSPS) is 15.9. The van der Waals surface area contributed by atoms with Gasteiger partial charge in [-0.2, -0.15) is 0 Å². The first-order chi connectivity index (χ1) is 31.2. The maximum atomic E-state index is 15.6. The molecule has 0 saturated heterocycles. The Morgan fingerprint density at radius 1 is 0.969 bits per heavy atom. The van der Waals surface area contributed by atoms with Crippen LogP contribution in [0.15, 0.2) is 96.5 Å². The van der Waals surface area contributed by atoms with Crippen molar-refractivity contribution in [2.75, 3.05) is 38.2 Å². The number of hydrogen-bond donors (Lipinski definition) is 7. The highest BCUT2D eigenvalue weighted by molar-refractivity contribution is 7.13. The van der Waals surface area contributed by atoms with Gasteiger partial charge in [0.15, 0.2) is 16.6 Å². The van der Waals surface area contributed by atoms with E-state index in [1.807, 2.05) is 57.2 Å². The quantitative estimate of drug-likeness (QED) is 0.0410. The summed E-state index contributed by atoms with van der Waals surface area (Å²) in [5.41, 5.74) is 8.78. The van der Waals surface area contributed by atoms with Gasteiger partial charge in [-0.05, 0) is 90.8 Å². The number of aromatic nitrogens is 1. The third kappa shape index (κ3) is 13.4. The van der Waals surface area contributed by atoms with E-state index in [0.29, 0.717) is 35.8 Å². The van der Waals surface area contributed by atoms with E-state index in [4.69, 9.17) is 19.9 Å². The second-order valence-electron chi connectivity index (χ2n) is 16.4. The van der Waals surface area contributed by atoms with E-state index in [1.54, 1.807) is 29.8 Å². The van der Waals surface area contributed by atoms with Crippen LogP contribution in [0, 0.1) is 11.7 Å². The number of carbonyl (C=O) groups excluding carboxylic acids is 3. The van der Waals surface area contributed by atoms with Gasteiger partial charge in [0.2, 0.25) is 11.8 Å². The van der Waals surface area contributed by atoms with Crippen LogP contribution in [0.3, 0.4) is 0 Å². The Morgan fingerprint density at radius 3 is 2.43 bits per heavy atom. The number of rotatable bonds is 22. The number of halogens is 1. The summed E-state index contributed by atoms with van der Waals surface area (Å²) < 4.78 is 33.9. The van der Waals surface area contributed by atoms with Gasteiger partial charge in [-0.15, -0.1) is 11.3 Å². The Hall–Kier alpha value is -6.24. The van der Waals surface area contributed by atoms with Gasteiger partial charge >= 0.3 is 5.97 Å². The summed E-state index contributed by atoms with van der Waals surface area (Å²) in [6, 6.07) is 21.4. The number of carbonyl (C=O) groups is 4. The summed E-state index contributed by atoms with van der Waals surface area (Å²) in [4.78, 5) is 54.8. The molecule has 3 amide bonds. The Labute approximate surface area is 380 Å². The van der Waals surface area contributed by atoms with Crippen molar-refractivity contribution in [1.82, 2.24) is 20.9 Å². The SMILES string of the molecule is CC(C)CC(NC(=O)[C@H](O)[C@@H](N)Cc1ccccc1)C(=O)NCCOCCOc1cc2c(cc1Oc1ccc(-c3ccc(C(=O)O)cc3)c(F)c1)[C@@](C)(CC(=O)Nc1nccs1)NCC2. The maximum absolute atomic E-state index is 15.6. The third-order valence-electron chi connectivity index (χ3n) is 10.8. The molecule has 0 saturated carbocycles. The van der Waals surface area contributed by atoms with E-state index in [-0.39, 0.29) is 73.7 Å². The number of benzene rings is 4. The highest BCUT2D eigenvalue weighted by Gasteiger charge is 2.36. The first-order valence-electron chi connectivity index (χ1n) is 21.4. The average molecular weight is 911 g/mol. The number of thiazole rings is 1. The largest absolute Gasteiger partial charge is 0.487 e. The van der Waals surface area contributed by atoms with Crippen LogP contribution in [0.25, 0.3) is 11.1 Å². The fourth-order valence-electron chi connectivity index (χ4n) is 7.56. The number of carboxylic acids is 1. The van der Waals surface area contributed by atoms with Gasteiger partial charge in [0.05, 0.1) is 18.8 Å². The maximum Gasteiger partial charge on any atom is 0.335 e. The van der Waals surface area contributed by atoms with Crippen LogP contribution >= 0.6 is 11.3 Å². The molecule has 65 heavy (non-hydrogen) atoms. The lowest BCUT2D eigenvalue weighted by Crippen LogP contribution is -2.54. The van der Waals surface area contributed by atoms with Crippen LogP contribution < -0.4 is 36.5 Å². The molecule has 4 atom stereocenters. The molecule has 4 aromatic carbocycles. The molecule has 1 aliphatic heterocycles. The molecular weight excluding hydrogens is 856 g/mol. The number of anilines is 1. The molecule has 0 spiro atoms. The Kier molecular flexibility index (Phi) is 16.8. The highest BCUT2D eigenvalue weighted by Crippen LogP contribution is 2.42. The number of amides is 3. The molecule has 17 heteroatoms. The van der Waals surface area contributed by atoms with Crippen molar-refractivity contribution >= 4 is 40.2 Å². The smallest absolute Gasteiger partial charge is 0.335 e. The van der Waals surface area contributed by atoms with E-state index < -0.39 is 47.3 Å². The number of aliphatic hydroxyl groups is 1. The van der Waals surface area contributed by atoms with Crippen molar-refractivity contribution in [3.63, 3.8) is 0 Å². The van der Waals surface area contributed by atoms with Gasteiger partial charge in [0, 0.05) is 54.3 Å². The number of fused-ring (bicyclic) bond motifs is 1. The van der Waals surface area contributed by atoms with E-state index in [0.717, 1.165) is 16.7 Å². The number of nitrogens with one attached hydrogen (secondary N) is 4. The summed E-state index contributed by atoms with van der Waals surface area (Å²) in [5.74, 6) is -2.17. The van der Waals surface area contributed by atoms with Gasteiger partial charge in [-0.1, -0.05) is 56.3 Å². The summed E-state index contributed by atoms with van der Waals surface area (Å²) >= 11 is 1.32. The van der Waals surface area contributed by atoms with E-state index in [2.05, 4.69) is 26.3 Å². The zero-order chi connectivity index (χ0) is 46.5. The number of carboxylic acid groups (broad SMARTS) is 1. The Bertz CT molecular complexity index is 2400. The standard InChI is InChI=1S/C48H55FN6O9S/c1-29(2)23-39(54-45(59)43(57)38(50)24-30-7-5-4-6-8-30)44(58)51-17-19-62-20-21-63-40-25-33-15-16-53-48(3,28-42(56)55-47-52-18-22-65-47)36(33)27-41(40)64-34-13-14-35(37(49)26-34)31-9-11-32(12-10-31)46(60)61/h4-14,18,22,25-27,29,38-39,43,53,57H,15-17,19-21,23-24,28,50H2,1-3H3,(H,51,58)(H,54,59)(H,60,61)(H,52,55,56)/t38-,39?,43+,48+/m0/s1. The zero-order valence-corrected chi connectivity index (χ0v) is 37.3. The first kappa shape index (κ1) is 48.2. The molecule has 0 aliphatic carbocycles. The number of hydrogen-bond acceptors (Lipinski definition) is 12. The van der Waals surface area contributed by atoms with Crippen molar-refractivity contribution in [1.29, 1.82) is 0 Å². The molecule has 1 aliphatic rings. The number of nitrogens with two attached hydrogens (primary N) is 1. The van der Waals surface area contributed by atoms with Gasteiger partial charge in [0.1, 0.15) is 30.3 Å². The topological polar surface area (TPSA) is 223 Å². The minimum Gasteiger partial charge on any atom is -0.487 e. The van der Waals surface area contributed by atoms with Gasteiger partial charge in [-0.25, -0.2) is 14.2 Å². The molecule has 344 valence electrons. The molecule has 5 aromatic rings. The second kappa shape index (κ2) is 22.6. The summed E-state index contributed by atoms with van der Waals surface area (Å²) in [5, 5.41) is 34.0. The Balaban J connectivity index is 1.09. The molecule has 15 nitrogen and oxygen atoms in total. The number of ether oxygens (including phenoxy) is 3. The predicted molar refractivity (Wildman–Crippen MR) is 245 cm³/mol. The highest BCUT2D eigenvalue weighted by atomic mass is 32.1. The fourth-order valence-corrected chi connectivity index (χ4v) is 8.10. The van der Waals surface area contributed by atoms with Gasteiger partial charge < -0.3 is 51.4 Å². The van der Waals surface area contributed by atoms with Crippen LogP contribution in [-0.4, -0.2) is 90.0 Å². The third-order valence-corrected chi connectivity index (χ3v) is 11.5. The predicted octanol–water partition coefficient (Wildman–Crippen LogP) is 5.80. The van der Waals surface area contributed by atoms with Crippen molar-refractivity contribution in [2.24, 2.45) is 11.7 Å². The lowest BCUT2D eigenvalue weighted by Gasteiger charge is -2.37. The molecule has 2 heterocycles. The Morgan fingerprint density at radius 2 is 1.74 bits per heavy atom. The van der Waals surface area contributed by atoms with Crippen molar-refractivity contribution in [3.05, 3.63) is 125 Å². The summed E-state index contributed by atoms with van der Waals surface area (Å²) in [6.45, 7) is 6.85. The average Bonchev–Trinajstić information content (AvgIpc) is 3.79. The van der Waals surface area contributed by atoms with E-state index >= 15 is 4.39 Å². The molecule has 6 rings (SSSR count). The molecule has 1 aromatic heterocycles. The van der Waals surface area contributed by atoms with Crippen LogP contribution in [0.5, 0.6) is 17.2 Å². The van der Waals surface area contributed by atoms with Gasteiger partial charge in [-0.3, -0.25) is 14.4 Å². The van der Waals surface area contributed by atoms with E-state index in [9.17, 15) is 29.4 Å². The van der Waals surface area contributed by atoms with Crippen LogP contribution in [-0.2, 0) is 37.5 Å². The summed E-state index contributed by atoms with van der Waals surface area (Å²) in [6.07, 6.45) is 1.44. The van der Waals surface area contributed by atoms with Crippen molar-refractivity contribution in [2.45, 2.75) is 70.2 Å². The van der Waals surface area contributed by atoms with Crippen LogP contribution in [0.1, 0.15) is 60.7 Å². The monoisotopic (exact) mass is 910 g/mol. The number of aliphatic hydroxyl groups excluding tert-OH is 1. The molecule has 0 bridgehead atoms. The first-order valence-corrected chi connectivity index (χ1v) is 22.3. The lowest BCUT2D eigenvalue weighted by atomic mass is 9.81. The number of aromatic carboxylic acids is 1. The molecule has 0 fully saturated rings. The molecular formula is C48H55FN6O9S. The minimum absolute atomic E-state index is 0.0638. The van der Waals surface area contributed by atoms with Gasteiger partial charge in [0.25, 0.3) is 5.91 Å². The molecule has 0 radical (unpaired) electrons. The van der Waals surface area contributed by atoms with Crippen molar-refractivity contribution < 1.29 is 48.0 Å². The number of nitrogens with zero attached hydrogens (tertiary/aromatic N) is 1.